The molecule has 2 aromatic rings. The molecule has 0 radical (unpaired) electrons. The summed E-state index contributed by atoms with van der Waals surface area (Å²) in [6.45, 7) is -0.174. The van der Waals surface area contributed by atoms with Crippen molar-refractivity contribution in [1.82, 2.24) is 5.32 Å². The predicted molar refractivity (Wildman–Crippen MR) is 103 cm³/mol. The Morgan fingerprint density at radius 2 is 1.79 bits per heavy atom. The van der Waals surface area contributed by atoms with Gasteiger partial charge in [0.05, 0.1) is 19.1 Å². The number of amides is 1. The van der Waals surface area contributed by atoms with Crippen LogP contribution in [0.25, 0.3) is 0 Å². The van der Waals surface area contributed by atoms with Gasteiger partial charge >= 0.3 is 0 Å². The van der Waals surface area contributed by atoms with Crippen molar-refractivity contribution in [2.45, 2.75) is 12.8 Å². The van der Waals surface area contributed by atoms with Crippen LogP contribution in [0.3, 0.4) is 0 Å². The summed E-state index contributed by atoms with van der Waals surface area (Å²) < 4.78 is 56.2. The average molecular weight is 412 g/mol. The number of nitrogens with one attached hydrogen (secondary N) is 1. The van der Waals surface area contributed by atoms with Gasteiger partial charge in [-0.05, 0) is 42.7 Å². The van der Waals surface area contributed by atoms with Crippen molar-refractivity contribution in [1.29, 1.82) is 0 Å². The normalized spacial score (nSPS) is 11.1. The highest BCUT2D eigenvalue weighted by Crippen LogP contribution is 2.20. The molecule has 28 heavy (non-hydrogen) atoms. The number of nitrogens with zero attached hydrogens (tertiary/aromatic N) is 1. The number of rotatable bonds is 9. The van der Waals surface area contributed by atoms with E-state index in [1.807, 2.05) is 24.3 Å². The van der Waals surface area contributed by atoms with Crippen LogP contribution in [0.15, 0.2) is 42.5 Å². The number of sulfonamides is 1. The maximum absolute atomic E-state index is 13.4. The fourth-order valence-electron chi connectivity index (χ4n) is 2.54. The molecule has 0 bridgehead atoms. The van der Waals surface area contributed by atoms with Crippen molar-refractivity contribution in [2.75, 3.05) is 30.8 Å². The highest BCUT2D eigenvalue weighted by molar-refractivity contribution is 7.92. The SMILES string of the molecule is COc1ccc(CCCNC(=O)CN(c2ccc(F)c(F)c2)S(C)(=O)=O)cc1. The molecule has 0 saturated heterocycles. The average Bonchev–Trinajstić information content (AvgIpc) is 2.65. The highest BCUT2D eigenvalue weighted by atomic mass is 32.2. The van der Waals surface area contributed by atoms with Gasteiger partial charge in [0, 0.05) is 12.6 Å². The maximum atomic E-state index is 13.4. The van der Waals surface area contributed by atoms with E-state index in [1.165, 1.54) is 0 Å². The zero-order chi connectivity index (χ0) is 20.7. The molecule has 0 aliphatic heterocycles. The summed E-state index contributed by atoms with van der Waals surface area (Å²) in [5.74, 6) is -2.06. The number of hydrogen-bond acceptors (Lipinski definition) is 4. The molecule has 0 aromatic heterocycles. The lowest BCUT2D eigenvalue weighted by atomic mass is 10.1. The number of carbonyl (C=O) groups is 1. The van der Waals surface area contributed by atoms with Gasteiger partial charge in [-0.1, -0.05) is 12.1 Å². The summed E-state index contributed by atoms with van der Waals surface area (Å²) >= 11 is 0. The monoisotopic (exact) mass is 412 g/mol. The molecule has 2 rings (SSSR count). The van der Waals surface area contributed by atoms with Crippen LogP contribution in [-0.2, 0) is 21.2 Å². The lowest BCUT2D eigenvalue weighted by molar-refractivity contribution is -0.119. The number of ether oxygens (including phenoxy) is 1. The van der Waals surface area contributed by atoms with E-state index >= 15 is 0 Å². The molecule has 0 heterocycles. The molecular weight excluding hydrogens is 390 g/mol. The quantitative estimate of drug-likeness (QED) is 0.642. The van der Waals surface area contributed by atoms with Crippen molar-refractivity contribution in [3.63, 3.8) is 0 Å². The van der Waals surface area contributed by atoms with Crippen molar-refractivity contribution in [3.8, 4) is 5.75 Å². The van der Waals surface area contributed by atoms with E-state index in [0.717, 1.165) is 46.5 Å². The molecule has 152 valence electrons. The summed E-state index contributed by atoms with van der Waals surface area (Å²) in [4.78, 5) is 12.1. The Bertz CT molecular complexity index is 918. The maximum Gasteiger partial charge on any atom is 0.240 e. The van der Waals surface area contributed by atoms with Gasteiger partial charge in [-0.2, -0.15) is 0 Å². The Balaban J connectivity index is 1.90. The molecule has 1 N–H and O–H groups in total. The van der Waals surface area contributed by atoms with E-state index in [-0.39, 0.29) is 5.69 Å². The minimum atomic E-state index is -3.85. The van der Waals surface area contributed by atoms with E-state index in [4.69, 9.17) is 4.74 Å². The molecule has 0 unspecified atom stereocenters. The number of benzene rings is 2. The van der Waals surface area contributed by atoms with Crippen LogP contribution < -0.4 is 14.4 Å². The zero-order valence-electron chi connectivity index (χ0n) is 15.6. The molecule has 0 fully saturated rings. The smallest absolute Gasteiger partial charge is 0.240 e. The molecule has 0 aliphatic carbocycles. The number of aryl methyl sites for hydroxylation is 1. The Morgan fingerprint density at radius 3 is 2.36 bits per heavy atom. The number of anilines is 1. The predicted octanol–water partition coefficient (Wildman–Crippen LogP) is 2.49. The van der Waals surface area contributed by atoms with Gasteiger partial charge in [0.2, 0.25) is 15.9 Å². The number of hydrogen-bond donors (Lipinski definition) is 1. The van der Waals surface area contributed by atoms with Crippen LogP contribution in [0, 0.1) is 11.6 Å². The van der Waals surface area contributed by atoms with Crippen LogP contribution in [0.1, 0.15) is 12.0 Å². The third-order valence-electron chi connectivity index (χ3n) is 4.00. The summed E-state index contributed by atoms with van der Waals surface area (Å²) in [5.41, 5.74) is 0.962. The Hall–Kier alpha value is -2.68. The van der Waals surface area contributed by atoms with Crippen molar-refractivity contribution in [3.05, 3.63) is 59.7 Å². The lowest BCUT2D eigenvalue weighted by Gasteiger charge is -2.22. The second kappa shape index (κ2) is 9.50. The van der Waals surface area contributed by atoms with Gasteiger partial charge in [0.1, 0.15) is 12.3 Å². The molecule has 2 aromatic carbocycles. The first-order chi connectivity index (χ1) is 13.2. The fourth-order valence-corrected chi connectivity index (χ4v) is 3.39. The Kier molecular flexibility index (Phi) is 7.33. The van der Waals surface area contributed by atoms with Gasteiger partial charge < -0.3 is 10.1 Å². The second-order valence-electron chi connectivity index (χ2n) is 6.17. The fraction of sp³-hybridized carbons (Fsp3) is 0.316. The Morgan fingerprint density at radius 1 is 1.11 bits per heavy atom. The third kappa shape index (κ3) is 6.19. The number of carbonyl (C=O) groups excluding carboxylic acids is 1. The largest absolute Gasteiger partial charge is 0.497 e. The van der Waals surface area contributed by atoms with E-state index in [1.54, 1.807) is 7.11 Å². The first-order valence-corrected chi connectivity index (χ1v) is 10.4. The van der Waals surface area contributed by atoms with E-state index < -0.39 is 34.1 Å². The van der Waals surface area contributed by atoms with E-state index in [9.17, 15) is 22.0 Å². The van der Waals surface area contributed by atoms with Gasteiger partial charge in [-0.3, -0.25) is 9.10 Å². The molecule has 0 aliphatic rings. The molecule has 1 amide bonds. The van der Waals surface area contributed by atoms with E-state index in [0.29, 0.717) is 13.0 Å². The number of methoxy groups -OCH3 is 1. The molecular formula is C19H22F2N2O4S. The van der Waals surface area contributed by atoms with E-state index in [2.05, 4.69) is 5.32 Å². The van der Waals surface area contributed by atoms with Crippen molar-refractivity contribution in [2.24, 2.45) is 0 Å². The highest BCUT2D eigenvalue weighted by Gasteiger charge is 2.21. The summed E-state index contributed by atoms with van der Waals surface area (Å²) in [6.07, 6.45) is 2.27. The van der Waals surface area contributed by atoms with Gasteiger partial charge in [0.25, 0.3) is 0 Å². The number of halogens is 2. The van der Waals surface area contributed by atoms with Crippen molar-refractivity contribution < 1.29 is 26.7 Å². The van der Waals surface area contributed by atoms with Crippen LogP contribution in [0.4, 0.5) is 14.5 Å². The summed E-state index contributed by atoms with van der Waals surface area (Å²) in [6, 6.07) is 10.2. The molecule has 0 saturated carbocycles. The summed E-state index contributed by atoms with van der Waals surface area (Å²) in [5, 5.41) is 2.64. The first kappa shape index (κ1) is 21.6. The van der Waals surface area contributed by atoms with Crippen LogP contribution in [0.2, 0.25) is 0 Å². The molecule has 6 nitrogen and oxygen atoms in total. The standard InChI is InChI=1S/C19H22F2N2O4S/c1-27-16-8-5-14(6-9-16)4-3-11-22-19(24)13-23(28(2,25)26)15-7-10-17(20)18(21)12-15/h5-10,12H,3-4,11,13H2,1-2H3,(H,22,24). The zero-order valence-corrected chi connectivity index (χ0v) is 16.4. The minimum Gasteiger partial charge on any atom is -0.497 e. The molecule has 9 heteroatoms. The topological polar surface area (TPSA) is 75.7 Å². The van der Waals surface area contributed by atoms with Crippen LogP contribution in [-0.4, -0.2) is 40.8 Å². The van der Waals surface area contributed by atoms with Crippen molar-refractivity contribution >= 4 is 21.6 Å². The second-order valence-corrected chi connectivity index (χ2v) is 8.08. The van der Waals surface area contributed by atoms with Crippen LogP contribution in [0.5, 0.6) is 5.75 Å². The molecule has 0 atom stereocenters. The lowest BCUT2D eigenvalue weighted by Crippen LogP contribution is -2.40. The first-order valence-electron chi connectivity index (χ1n) is 8.53. The molecule has 0 spiro atoms. The Labute approximate surface area is 163 Å². The summed E-state index contributed by atoms with van der Waals surface area (Å²) in [7, 11) is -2.26. The van der Waals surface area contributed by atoms with Gasteiger partial charge in [-0.25, -0.2) is 17.2 Å². The van der Waals surface area contributed by atoms with Gasteiger partial charge in [0.15, 0.2) is 11.6 Å². The third-order valence-corrected chi connectivity index (χ3v) is 5.14. The van der Waals surface area contributed by atoms with Gasteiger partial charge in [-0.15, -0.1) is 0 Å². The van der Waals surface area contributed by atoms with Crippen LogP contribution >= 0.6 is 0 Å². The minimum absolute atomic E-state index is 0.116.